The Morgan fingerprint density at radius 1 is 1.35 bits per heavy atom. The molecule has 0 amide bonds. The maximum atomic E-state index is 5.89. The fourth-order valence-corrected chi connectivity index (χ4v) is 2.89. The van der Waals surface area contributed by atoms with Gasteiger partial charge in [-0.3, -0.25) is 11.3 Å². The Morgan fingerprint density at radius 2 is 2.18 bits per heavy atom. The molecule has 0 bridgehead atoms. The molecular weight excluding hydrogens is 277 g/mol. The Balaban J connectivity index is 2.16. The first-order valence-corrected chi connectivity index (χ1v) is 6.58. The van der Waals surface area contributed by atoms with E-state index >= 15 is 0 Å². The number of halogens is 2. The van der Waals surface area contributed by atoms with E-state index in [1.165, 1.54) is 4.88 Å². The highest BCUT2D eigenvalue weighted by Crippen LogP contribution is 2.26. The van der Waals surface area contributed by atoms with Crippen LogP contribution >= 0.6 is 34.5 Å². The van der Waals surface area contributed by atoms with Gasteiger partial charge in [0, 0.05) is 17.5 Å². The summed E-state index contributed by atoms with van der Waals surface area (Å²) < 4.78 is 0.781. The van der Waals surface area contributed by atoms with Crippen LogP contribution in [0.25, 0.3) is 0 Å². The molecule has 1 atom stereocenters. The zero-order valence-corrected chi connectivity index (χ0v) is 11.2. The lowest BCUT2D eigenvalue weighted by atomic mass is 10.1. The minimum absolute atomic E-state index is 0.00483. The van der Waals surface area contributed by atoms with Crippen molar-refractivity contribution in [3.8, 4) is 0 Å². The predicted octanol–water partition coefficient (Wildman–Crippen LogP) is 3.20. The lowest BCUT2D eigenvalue weighted by molar-refractivity contribution is 0.555. The minimum atomic E-state index is 0.00483. The minimum Gasteiger partial charge on any atom is -0.271 e. The SMILES string of the molecule is NNC(Cc1ccc(Cl)s1)c1ccnc(Cl)c1. The van der Waals surface area contributed by atoms with Gasteiger partial charge in [0.2, 0.25) is 0 Å². The van der Waals surface area contributed by atoms with Crippen molar-refractivity contribution in [3.63, 3.8) is 0 Å². The third kappa shape index (κ3) is 3.40. The highest BCUT2D eigenvalue weighted by Gasteiger charge is 2.12. The molecule has 3 N–H and O–H groups in total. The van der Waals surface area contributed by atoms with E-state index in [1.54, 1.807) is 23.6 Å². The quantitative estimate of drug-likeness (QED) is 0.516. The fraction of sp³-hybridized carbons (Fsp3) is 0.182. The molecule has 2 aromatic rings. The van der Waals surface area contributed by atoms with Gasteiger partial charge in [-0.15, -0.1) is 11.3 Å². The van der Waals surface area contributed by atoms with Gasteiger partial charge in [-0.2, -0.15) is 0 Å². The first kappa shape index (κ1) is 12.8. The van der Waals surface area contributed by atoms with E-state index in [9.17, 15) is 0 Å². The molecule has 0 aromatic carbocycles. The van der Waals surface area contributed by atoms with Crippen LogP contribution in [-0.2, 0) is 6.42 Å². The average molecular weight is 288 g/mol. The second-order valence-electron chi connectivity index (χ2n) is 3.54. The van der Waals surface area contributed by atoms with E-state index in [-0.39, 0.29) is 6.04 Å². The molecule has 0 saturated carbocycles. The summed E-state index contributed by atoms with van der Waals surface area (Å²) in [5, 5.41) is 0.465. The van der Waals surface area contributed by atoms with Crippen LogP contribution in [0.4, 0.5) is 0 Å². The number of thiophene rings is 1. The van der Waals surface area contributed by atoms with Crippen LogP contribution in [0.1, 0.15) is 16.5 Å². The summed E-state index contributed by atoms with van der Waals surface area (Å²) in [5.41, 5.74) is 3.79. The summed E-state index contributed by atoms with van der Waals surface area (Å²) in [7, 11) is 0. The van der Waals surface area contributed by atoms with Crippen LogP contribution in [0.3, 0.4) is 0 Å². The predicted molar refractivity (Wildman–Crippen MR) is 72.3 cm³/mol. The second kappa shape index (κ2) is 5.80. The Hall–Kier alpha value is -0.650. The van der Waals surface area contributed by atoms with Gasteiger partial charge in [0.1, 0.15) is 5.15 Å². The molecule has 0 fully saturated rings. The van der Waals surface area contributed by atoms with Crippen LogP contribution < -0.4 is 11.3 Å². The molecule has 6 heteroatoms. The van der Waals surface area contributed by atoms with E-state index in [0.29, 0.717) is 5.15 Å². The molecule has 2 aromatic heterocycles. The number of nitrogens with two attached hydrogens (primary N) is 1. The molecule has 1 unspecified atom stereocenters. The van der Waals surface area contributed by atoms with Gasteiger partial charge in [-0.25, -0.2) is 4.98 Å². The van der Waals surface area contributed by atoms with Gasteiger partial charge in [0.15, 0.2) is 0 Å². The van der Waals surface area contributed by atoms with Crippen molar-refractivity contribution >= 4 is 34.5 Å². The molecule has 0 radical (unpaired) electrons. The number of nitrogens with one attached hydrogen (secondary N) is 1. The highest BCUT2D eigenvalue weighted by molar-refractivity contribution is 7.16. The van der Waals surface area contributed by atoms with Gasteiger partial charge in [0.25, 0.3) is 0 Å². The van der Waals surface area contributed by atoms with E-state index in [2.05, 4.69) is 10.4 Å². The lowest BCUT2D eigenvalue weighted by Gasteiger charge is -2.15. The number of rotatable bonds is 4. The zero-order chi connectivity index (χ0) is 12.3. The zero-order valence-electron chi connectivity index (χ0n) is 8.86. The summed E-state index contributed by atoms with van der Waals surface area (Å²) in [6.45, 7) is 0. The Labute approximate surface area is 114 Å². The summed E-state index contributed by atoms with van der Waals surface area (Å²) >= 11 is 13.3. The van der Waals surface area contributed by atoms with Crippen molar-refractivity contribution in [1.82, 2.24) is 10.4 Å². The molecule has 0 saturated heterocycles. The maximum Gasteiger partial charge on any atom is 0.129 e. The standard InChI is InChI=1S/C11H11Cl2N3S/c12-10-5-7(3-4-15-10)9(16-14)6-8-1-2-11(13)17-8/h1-5,9,16H,6,14H2. The highest BCUT2D eigenvalue weighted by atomic mass is 35.5. The van der Waals surface area contributed by atoms with Gasteiger partial charge < -0.3 is 0 Å². The van der Waals surface area contributed by atoms with Crippen molar-refractivity contribution in [2.24, 2.45) is 5.84 Å². The van der Waals surface area contributed by atoms with Crippen LogP contribution in [0.2, 0.25) is 9.49 Å². The second-order valence-corrected chi connectivity index (χ2v) is 5.73. The van der Waals surface area contributed by atoms with Crippen molar-refractivity contribution in [2.45, 2.75) is 12.5 Å². The van der Waals surface area contributed by atoms with Crippen molar-refractivity contribution in [3.05, 3.63) is 50.4 Å². The first-order valence-electron chi connectivity index (χ1n) is 5.01. The third-order valence-electron chi connectivity index (χ3n) is 2.39. The van der Waals surface area contributed by atoms with Crippen molar-refractivity contribution in [2.75, 3.05) is 0 Å². The number of hydrogen-bond donors (Lipinski definition) is 2. The van der Waals surface area contributed by atoms with E-state index in [0.717, 1.165) is 16.3 Å². The van der Waals surface area contributed by atoms with E-state index < -0.39 is 0 Å². The Kier molecular flexibility index (Phi) is 4.36. The Bertz CT molecular complexity index is 501. The van der Waals surface area contributed by atoms with Crippen LogP contribution in [0.5, 0.6) is 0 Å². The molecule has 2 rings (SSSR count). The lowest BCUT2D eigenvalue weighted by Crippen LogP contribution is -2.29. The normalized spacial score (nSPS) is 12.6. The topological polar surface area (TPSA) is 50.9 Å². The van der Waals surface area contributed by atoms with Crippen molar-refractivity contribution in [1.29, 1.82) is 0 Å². The largest absolute Gasteiger partial charge is 0.271 e. The monoisotopic (exact) mass is 287 g/mol. The smallest absolute Gasteiger partial charge is 0.129 e. The average Bonchev–Trinajstić information content (AvgIpc) is 2.72. The third-order valence-corrected chi connectivity index (χ3v) is 3.85. The number of nitrogens with zero attached hydrogens (tertiary/aromatic N) is 1. The molecule has 2 heterocycles. The van der Waals surface area contributed by atoms with Crippen LogP contribution in [-0.4, -0.2) is 4.98 Å². The molecule has 3 nitrogen and oxygen atoms in total. The van der Waals surface area contributed by atoms with Gasteiger partial charge in [-0.1, -0.05) is 23.2 Å². The summed E-state index contributed by atoms with van der Waals surface area (Å²) in [6, 6.07) is 7.59. The number of aromatic nitrogens is 1. The maximum absolute atomic E-state index is 5.89. The molecule has 0 aliphatic carbocycles. The van der Waals surface area contributed by atoms with Crippen molar-refractivity contribution < 1.29 is 0 Å². The van der Waals surface area contributed by atoms with E-state index in [1.807, 2.05) is 18.2 Å². The van der Waals surface area contributed by atoms with E-state index in [4.69, 9.17) is 29.0 Å². The molecule has 17 heavy (non-hydrogen) atoms. The first-order chi connectivity index (χ1) is 8.19. The molecular formula is C11H11Cl2N3S. The number of hydrazine groups is 1. The molecule has 90 valence electrons. The molecule has 0 aliphatic rings. The van der Waals surface area contributed by atoms with Gasteiger partial charge in [-0.05, 0) is 29.8 Å². The summed E-state index contributed by atoms with van der Waals surface area (Å²) in [4.78, 5) is 5.12. The summed E-state index contributed by atoms with van der Waals surface area (Å²) in [6.07, 6.45) is 2.44. The molecule has 0 spiro atoms. The van der Waals surface area contributed by atoms with Crippen LogP contribution in [0.15, 0.2) is 30.5 Å². The van der Waals surface area contributed by atoms with Gasteiger partial charge >= 0.3 is 0 Å². The molecule has 0 aliphatic heterocycles. The number of pyridine rings is 1. The van der Waals surface area contributed by atoms with Crippen LogP contribution in [0, 0.1) is 0 Å². The fourth-order valence-electron chi connectivity index (χ4n) is 1.57. The summed E-state index contributed by atoms with van der Waals surface area (Å²) in [5.74, 6) is 5.57. The number of hydrogen-bond acceptors (Lipinski definition) is 4. The Morgan fingerprint density at radius 3 is 2.76 bits per heavy atom. The van der Waals surface area contributed by atoms with Gasteiger partial charge in [0.05, 0.1) is 10.4 Å².